The number of aromatic nitrogens is 2. The molecule has 1 aromatic carbocycles. The molecule has 0 saturated heterocycles. The first-order chi connectivity index (χ1) is 11.5. The van der Waals surface area contributed by atoms with Crippen molar-refractivity contribution in [1.82, 2.24) is 9.78 Å². The standard InChI is InChI=1S/C16H23N5O3/c1-10-12(15(24-5)21(2)20-10)9-18-16(17)19-11-6-7-13(22-3)14(8-11)23-4/h6-8H,9H2,1-5H3,(H3,17,18,19). The van der Waals surface area contributed by atoms with Gasteiger partial charge in [0.2, 0.25) is 5.88 Å². The summed E-state index contributed by atoms with van der Waals surface area (Å²) in [6.45, 7) is 2.28. The Morgan fingerprint density at radius 3 is 2.54 bits per heavy atom. The van der Waals surface area contributed by atoms with E-state index >= 15 is 0 Å². The van der Waals surface area contributed by atoms with Crippen LogP contribution < -0.4 is 25.3 Å². The van der Waals surface area contributed by atoms with E-state index in [-0.39, 0.29) is 5.96 Å². The lowest BCUT2D eigenvalue weighted by Gasteiger charge is -2.11. The minimum Gasteiger partial charge on any atom is -0.493 e. The number of methoxy groups -OCH3 is 3. The van der Waals surface area contributed by atoms with Gasteiger partial charge >= 0.3 is 0 Å². The molecule has 24 heavy (non-hydrogen) atoms. The van der Waals surface area contributed by atoms with Crippen molar-refractivity contribution < 1.29 is 14.2 Å². The normalized spacial score (nSPS) is 11.3. The molecule has 2 aromatic rings. The number of aryl methyl sites for hydroxylation is 2. The fourth-order valence-corrected chi connectivity index (χ4v) is 2.38. The van der Waals surface area contributed by atoms with E-state index in [0.29, 0.717) is 23.9 Å². The molecule has 0 aliphatic carbocycles. The maximum atomic E-state index is 5.96. The van der Waals surface area contributed by atoms with Crippen molar-refractivity contribution in [3.63, 3.8) is 0 Å². The van der Waals surface area contributed by atoms with Crippen molar-refractivity contribution in [3.05, 3.63) is 29.5 Å². The van der Waals surface area contributed by atoms with Gasteiger partial charge < -0.3 is 25.3 Å². The molecule has 0 aliphatic heterocycles. The molecule has 0 spiro atoms. The second-order valence-electron chi connectivity index (χ2n) is 5.09. The zero-order chi connectivity index (χ0) is 17.7. The Morgan fingerprint density at radius 1 is 1.21 bits per heavy atom. The molecule has 8 heteroatoms. The van der Waals surface area contributed by atoms with Crippen molar-refractivity contribution in [2.24, 2.45) is 17.8 Å². The molecule has 2 rings (SSSR count). The van der Waals surface area contributed by atoms with Crippen molar-refractivity contribution in [2.75, 3.05) is 26.6 Å². The van der Waals surface area contributed by atoms with Crippen LogP contribution in [0.5, 0.6) is 17.4 Å². The van der Waals surface area contributed by atoms with Crippen LogP contribution in [0, 0.1) is 6.92 Å². The van der Waals surface area contributed by atoms with Crippen LogP contribution in [0.3, 0.4) is 0 Å². The van der Waals surface area contributed by atoms with Gasteiger partial charge in [-0.3, -0.25) is 0 Å². The molecular weight excluding hydrogens is 310 g/mol. The van der Waals surface area contributed by atoms with Crippen LogP contribution in [0.15, 0.2) is 23.2 Å². The molecule has 130 valence electrons. The van der Waals surface area contributed by atoms with Crippen LogP contribution in [0.2, 0.25) is 0 Å². The highest BCUT2D eigenvalue weighted by Gasteiger charge is 2.13. The maximum Gasteiger partial charge on any atom is 0.216 e. The van der Waals surface area contributed by atoms with Gasteiger partial charge in [0.05, 0.1) is 39.1 Å². The van der Waals surface area contributed by atoms with Crippen molar-refractivity contribution in [1.29, 1.82) is 0 Å². The number of hydrogen-bond acceptors (Lipinski definition) is 5. The molecule has 1 heterocycles. The van der Waals surface area contributed by atoms with Crippen LogP contribution in [0.25, 0.3) is 0 Å². The number of hydrogen-bond donors (Lipinski definition) is 2. The van der Waals surface area contributed by atoms with E-state index in [1.165, 1.54) is 0 Å². The molecule has 0 amide bonds. The lowest BCUT2D eigenvalue weighted by molar-refractivity contribution is 0.355. The van der Waals surface area contributed by atoms with Gasteiger partial charge in [-0.15, -0.1) is 0 Å². The molecule has 8 nitrogen and oxygen atoms in total. The average molecular weight is 333 g/mol. The third-order valence-corrected chi connectivity index (χ3v) is 3.55. The fraction of sp³-hybridized carbons (Fsp3) is 0.375. The van der Waals surface area contributed by atoms with Crippen LogP contribution in [0.4, 0.5) is 5.69 Å². The Balaban J connectivity index is 2.12. The zero-order valence-corrected chi connectivity index (χ0v) is 14.6. The summed E-state index contributed by atoms with van der Waals surface area (Å²) in [6, 6.07) is 5.42. The van der Waals surface area contributed by atoms with Gasteiger partial charge in [0, 0.05) is 18.8 Å². The number of rotatable bonds is 6. The number of benzene rings is 1. The van der Waals surface area contributed by atoms with Gasteiger partial charge in [0.25, 0.3) is 0 Å². The summed E-state index contributed by atoms with van der Waals surface area (Å²) in [5.41, 5.74) is 8.47. The number of ether oxygens (including phenoxy) is 3. The van der Waals surface area contributed by atoms with Gasteiger partial charge in [0.1, 0.15) is 0 Å². The highest BCUT2D eigenvalue weighted by Crippen LogP contribution is 2.29. The van der Waals surface area contributed by atoms with Crippen LogP contribution in [-0.4, -0.2) is 37.1 Å². The van der Waals surface area contributed by atoms with Crippen molar-refractivity contribution >= 4 is 11.6 Å². The highest BCUT2D eigenvalue weighted by molar-refractivity contribution is 5.92. The number of aliphatic imine (C=N–C) groups is 1. The molecular formula is C16H23N5O3. The summed E-state index contributed by atoms with van der Waals surface area (Å²) in [5, 5.41) is 7.34. The van der Waals surface area contributed by atoms with E-state index < -0.39 is 0 Å². The molecule has 0 fully saturated rings. The fourth-order valence-electron chi connectivity index (χ4n) is 2.38. The Kier molecular flexibility index (Phi) is 5.51. The summed E-state index contributed by atoms with van der Waals surface area (Å²) in [7, 11) is 6.60. The third-order valence-electron chi connectivity index (χ3n) is 3.55. The van der Waals surface area contributed by atoms with Crippen molar-refractivity contribution in [3.8, 4) is 17.4 Å². The second-order valence-corrected chi connectivity index (χ2v) is 5.09. The highest BCUT2D eigenvalue weighted by atomic mass is 16.5. The maximum absolute atomic E-state index is 5.96. The predicted octanol–water partition coefficient (Wildman–Crippen LogP) is 1.68. The van der Waals surface area contributed by atoms with E-state index in [1.54, 1.807) is 38.1 Å². The quantitative estimate of drug-likeness (QED) is 0.617. The summed E-state index contributed by atoms with van der Waals surface area (Å²) in [6.07, 6.45) is 0. The van der Waals surface area contributed by atoms with E-state index in [1.807, 2.05) is 20.0 Å². The molecule has 3 N–H and O–H groups in total. The first kappa shape index (κ1) is 17.5. The molecule has 0 aliphatic rings. The van der Waals surface area contributed by atoms with Gasteiger partial charge in [-0.25, -0.2) is 9.67 Å². The van der Waals surface area contributed by atoms with Crippen LogP contribution >= 0.6 is 0 Å². The monoisotopic (exact) mass is 333 g/mol. The molecule has 1 aromatic heterocycles. The van der Waals surface area contributed by atoms with Gasteiger partial charge in [-0.05, 0) is 19.1 Å². The molecule has 0 bridgehead atoms. The van der Waals surface area contributed by atoms with Crippen LogP contribution in [0.1, 0.15) is 11.3 Å². The lowest BCUT2D eigenvalue weighted by Crippen LogP contribution is -2.22. The number of anilines is 1. The number of nitrogens with zero attached hydrogens (tertiary/aromatic N) is 3. The largest absolute Gasteiger partial charge is 0.493 e. The summed E-state index contributed by atoms with van der Waals surface area (Å²) in [5.74, 6) is 2.22. The third kappa shape index (κ3) is 3.70. The molecule has 0 unspecified atom stereocenters. The van der Waals surface area contributed by atoms with E-state index in [2.05, 4.69) is 15.4 Å². The predicted molar refractivity (Wildman–Crippen MR) is 93.0 cm³/mol. The van der Waals surface area contributed by atoms with E-state index in [4.69, 9.17) is 19.9 Å². The number of nitrogens with two attached hydrogens (primary N) is 1. The molecule has 0 radical (unpaired) electrons. The lowest BCUT2D eigenvalue weighted by atomic mass is 10.2. The number of guanidine groups is 1. The topological polar surface area (TPSA) is 95.9 Å². The summed E-state index contributed by atoms with van der Waals surface area (Å²) in [4.78, 5) is 4.35. The smallest absolute Gasteiger partial charge is 0.216 e. The summed E-state index contributed by atoms with van der Waals surface area (Å²) >= 11 is 0. The van der Waals surface area contributed by atoms with E-state index in [9.17, 15) is 0 Å². The van der Waals surface area contributed by atoms with Crippen LogP contribution in [-0.2, 0) is 13.6 Å². The SMILES string of the molecule is COc1ccc(NC(N)=NCc2c(C)nn(C)c2OC)cc1OC. The zero-order valence-electron chi connectivity index (χ0n) is 14.6. The average Bonchev–Trinajstić information content (AvgIpc) is 2.85. The van der Waals surface area contributed by atoms with Crippen molar-refractivity contribution in [2.45, 2.75) is 13.5 Å². The van der Waals surface area contributed by atoms with Gasteiger partial charge in [0.15, 0.2) is 17.5 Å². The molecule has 0 saturated carbocycles. The number of nitrogens with one attached hydrogen (secondary N) is 1. The minimum absolute atomic E-state index is 0.285. The Bertz CT molecular complexity index is 740. The molecule has 0 atom stereocenters. The Morgan fingerprint density at radius 2 is 1.92 bits per heavy atom. The first-order valence-corrected chi connectivity index (χ1v) is 7.35. The Hall–Kier alpha value is -2.90. The van der Waals surface area contributed by atoms with E-state index in [0.717, 1.165) is 16.9 Å². The Labute approximate surface area is 141 Å². The second kappa shape index (κ2) is 7.58. The van der Waals surface area contributed by atoms with Gasteiger partial charge in [-0.1, -0.05) is 0 Å². The first-order valence-electron chi connectivity index (χ1n) is 7.35. The summed E-state index contributed by atoms with van der Waals surface area (Å²) < 4.78 is 17.5. The minimum atomic E-state index is 0.285. The van der Waals surface area contributed by atoms with Gasteiger partial charge in [-0.2, -0.15) is 5.10 Å².